The second kappa shape index (κ2) is 8.12. The van der Waals surface area contributed by atoms with Crippen molar-refractivity contribution in [1.29, 1.82) is 0 Å². The second-order valence-corrected chi connectivity index (χ2v) is 5.18. The Hall–Kier alpha value is -3.40. The smallest absolute Gasteiger partial charge is 0.318 e. The van der Waals surface area contributed by atoms with Crippen molar-refractivity contribution in [1.82, 2.24) is 0 Å². The fraction of sp³-hybridized carbons (Fsp3) is 0.133. The van der Waals surface area contributed by atoms with Gasteiger partial charge in [-0.25, -0.2) is 0 Å². The van der Waals surface area contributed by atoms with Crippen LogP contribution in [0.3, 0.4) is 0 Å². The number of rotatable bonds is 7. The number of nitro groups is 2. The maximum atomic E-state index is 11.2. The number of ether oxygens (including phenoxy) is 2. The fourth-order valence-corrected chi connectivity index (χ4v) is 2.31. The summed E-state index contributed by atoms with van der Waals surface area (Å²) < 4.78 is 10.9. The summed E-state index contributed by atoms with van der Waals surface area (Å²) in [5, 5.41) is 33.6. The van der Waals surface area contributed by atoms with Gasteiger partial charge in [-0.05, 0) is 25.1 Å². The summed E-state index contributed by atoms with van der Waals surface area (Å²) in [6, 6.07) is 5.82. The van der Waals surface area contributed by atoms with E-state index < -0.39 is 21.2 Å². The van der Waals surface area contributed by atoms with E-state index >= 15 is 0 Å². The molecule has 136 valence electrons. The van der Waals surface area contributed by atoms with Crippen LogP contribution in [0.25, 0.3) is 0 Å². The number of hydrogen-bond acceptors (Lipinski definition) is 8. The Kier molecular flexibility index (Phi) is 5.91. The zero-order chi connectivity index (χ0) is 19.3. The van der Waals surface area contributed by atoms with Crippen LogP contribution in [0.1, 0.15) is 12.5 Å². The summed E-state index contributed by atoms with van der Waals surface area (Å²) >= 11 is 6.14. The molecule has 0 unspecified atom stereocenters. The molecule has 0 saturated carbocycles. The Balaban J connectivity index is 2.53. The van der Waals surface area contributed by atoms with Gasteiger partial charge in [-0.1, -0.05) is 16.8 Å². The summed E-state index contributed by atoms with van der Waals surface area (Å²) in [5.74, 6) is -0.102. The number of non-ortho nitro benzene ring substituents is 1. The van der Waals surface area contributed by atoms with Crippen LogP contribution >= 0.6 is 11.6 Å². The van der Waals surface area contributed by atoms with Gasteiger partial charge in [0.25, 0.3) is 5.69 Å². The van der Waals surface area contributed by atoms with Crippen LogP contribution in [0.4, 0.5) is 11.4 Å². The van der Waals surface area contributed by atoms with Crippen molar-refractivity contribution >= 4 is 29.2 Å². The van der Waals surface area contributed by atoms with E-state index in [-0.39, 0.29) is 28.9 Å². The summed E-state index contributed by atoms with van der Waals surface area (Å²) in [7, 11) is 0. The van der Waals surface area contributed by atoms with Gasteiger partial charge in [-0.15, -0.1) is 0 Å². The van der Waals surface area contributed by atoms with Crippen molar-refractivity contribution in [3.63, 3.8) is 0 Å². The lowest BCUT2D eigenvalue weighted by Gasteiger charge is -2.14. The monoisotopic (exact) mass is 381 g/mol. The molecule has 10 nitrogen and oxygen atoms in total. The first kappa shape index (κ1) is 18.9. The van der Waals surface area contributed by atoms with E-state index in [1.54, 1.807) is 6.92 Å². The van der Waals surface area contributed by atoms with Crippen molar-refractivity contribution in [2.75, 3.05) is 6.61 Å². The van der Waals surface area contributed by atoms with E-state index in [2.05, 4.69) is 5.16 Å². The van der Waals surface area contributed by atoms with Crippen LogP contribution in [0.2, 0.25) is 5.02 Å². The van der Waals surface area contributed by atoms with Crippen LogP contribution in [-0.4, -0.2) is 27.9 Å². The van der Waals surface area contributed by atoms with Crippen LogP contribution in [-0.2, 0) is 0 Å². The first-order valence-corrected chi connectivity index (χ1v) is 7.49. The topological polar surface area (TPSA) is 137 Å². The predicted molar refractivity (Wildman–Crippen MR) is 91.8 cm³/mol. The van der Waals surface area contributed by atoms with Gasteiger partial charge in [0, 0.05) is 11.6 Å². The SMILES string of the molecule is CCOc1cc(/C=N\O)cc(Cl)c1Oc1ccc([N+](=O)[O-])cc1[N+](=O)[O-]. The minimum atomic E-state index is -0.802. The zero-order valence-electron chi connectivity index (χ0n) is 13.3. The highest BCUT2D eigenvalue weighted by molar-refractivity contribution is 6.32. The van der Waals surface area contributed by atoms with Crippen molar-refractivity contribution in [3.8, 4) is 17.2 Å². The number of oxime groups is 1. The Morgan fingerprint density at radius 3 is 2.50 bits per heavy atom. The van der Waals surface area contributed by atoms with Crippen molar-refractivity contribution in [2.45, 2.75) is 6.92 Å². The van der Waals surface area contributed by atoms with Gasteiger partial charge in [0.1, 0.15) is 0 Å². The van der Waals surface area contributed by atoms with Gasteiger partial charge >= 0.3 is 5.69 Å². The minimum absolute atomic E-state index is 0.0134. The van der Waals surface area contributed by atoms with Crippen molar-refractivity contribution in [3.05, 3.63) is 61.1 Å². The molecule has 0 fully saturated rings. The molecule has 0 aliphatic rings. The molecule has 2 aromatic rings. The predicted octanol–water partition coefficient (Wildman–Crippen LogP) is 4.16. The molecule has 2 aromatic carbocycles. The third kappa shape index (κ3) is 4.16. The van der Waals surface area contributed by atoms with Gasteiger partial charge < -0.3 is 14.7 Å². The van der Waals surface area contributed by atoms with Crippen LogP contribution < -0.4 is 9.47 Å². The third-order valence-electron chi connectivity index (χ3n) is 3.10. The molecule has 0 aliphatic carbocycles. The summed E-state index contributed by atoms with van der Waals surface area (Å²) in [4.78, 5) is 20.5. The lowest BCUT2D eigenvalue weighted by molar-refractivity contribution is -0.394. The summed E-state index contributed by atoms with van der Waals surface area (Å²) in [6.45, 7) is 1.95. The highest BCUT2D eigenvalue weighted by atomic mass is 35.5. The Morgan fingerprint density at radius 1 is 1.19 bits per heavy atom. The number of halogens is 1. The molecule has 0 saturated heterocycles. The number of benzene rings is 2. The maximum Gasteiger partial charge on any atom is 0.318 e. The molecule has 1 N–H and O–H groups in total. The molecule has 0 radical (unpaired) electrons. The first-order chi connectivity index (χ1) is 12.4. The molecule has 2 rings (SSSR count). The maximum absolute atomic E-state index is 11.2. The molecule has 0 amide bonds. The van der Waals surface area contributed by atoms with Crippen LogP contribution in [0.15, 0.2) is 35.5 Å². The van der Waals surface area contributed by atoms with Crippen LogP contribution in [0, 0.1) is 20.2 Å². The van der Waals surface area contributed by atoms with E-state index in [4.69, 9.17) is 26.3 Å². The molecule has 0 aliphatic heterocycles. The third-order valence-corrected chi connectivity index (χ3v) is 3.38. The minimum Gasteiger partial charge on any atom is -0.490 e. The number of hydrogen-bond donors (Lipinski definition) is 1. The summed E-state index contributed by atoms with van der Waals surface area (Å²) in [5.41, 5.74) is -0.639. The van der Waals surface area contributed by atoms with Gasteiger partial charge in [0.2, 0.25) is 5.75 Å². The Bertz CT molecular complexity index is 886. The first-order valence-electron chi connectivity index (χ1n) is 7.11. The average Bonchev–Trinajstić information content (AvgIpc) is 2.58. The molecule has 11 heteroatoms. The summed E-state index contributed by atoms with van der Waals surface area (Å²) in [6.07, 6.45) is 1.12. The zero-order valence-corrected chi connectivity index (χ0v) is 14.0. The molecule has 0 aromatic heterocycles. The standard InChI is InChI=1S/C15H12ClN3O7/c1-2-25-14-6-9(8-17-20)5-11(16)15(14)26-13-4-3-10(18(21)22)7-12(13)19(23)24/h3-8,20H,2H2,1H3/b17-8-. The highest BCUT2D eigenvalue weighted by Crippen LogP contribution is 2.42. The number of nitrogens with zero attached hydrogens (tertiary/aromatic N) is 3. The molecular weight excluding hydrogens is 370 g/mol. The molecule has 0 bridgehead atoms. The van der Waals surface area contributed by atoms with E-state index in [0.717, 1.165) is 24.4 Å². The van der Waals surface area contributed by atoms with E-state index in [1.807, 2.05) is 0 Å². The Labute approximate surface area is 151 Å². The fourth-order valence-electron chi connectivity index (χ4n) is 2.05. The largest absolute Gasteiger partial charge is 0.490 e. The van der Waals surface area contributed by atoms with Crippen molar-refractivity contribution < 1.29 is 24.5 Å². The highest BCUT2D eigenvalue weighted by Gasteiger charge is 2.23. The normalized spacial score (nSPS) is 10.7. The van der Waals surface area contributed by atoms with Crippen LogP contribution in [0.5, 0.6) is 17.2 Å². The average molecular weight is 382 g/mol. The van der Waals surface area contributed by atoms with Gasteiger partial charge in [0.15, 0.2) is 11.5 Å². The van der Waals surface area contributed by atoms with Gasteiger partial charge in [-0.3, -0.25) is 20.2 Å². The molecule has 26 heavy (non-hydrogen) atoms. The lowest BCUT2D eigenvalue weighted by atomic mass is 10.2. The quantitative estimate of drug-likeness (QED) is 0.329. The van der Waals surface area contributed by atoms with E-state index in [9.17, 15) is 20.2 Å². The molecule has 0 spiro atoms. The van der Waals surface area contributed by atoms with Crippen molar-refractivity contribution in [2.24, 2.45) is 5.16 Å². The lowest BCUT2D eigenvalue weighted by Crippen LogP contribution is -2.00. The molecule has 0 atom stereocenters. The Morgan fingerprint density at radius 2 is 1.92 bits per heavy atom. The second-order valence-electron chi connectivity index (χ2n) is 4.78. The van der Waals surface area contributed by atoms with Gasteiger partial charge in [-0.2, -0.15) is 0 Å². The number of nitro benzene ring substituents is 2. The van der Waals surface area contributed by atoms with E-state index in [1.165, 1.54) is 12.1 Å². The van der Waals surface area contributed by atoms with E-state index in [0.29, 0.717) is 5.56 Å². The molecule has 0 heterocycles. The molecular formula is C15H12ClN3O7. The van der Waals surface area contributed by atoms with Gasteiger partial charge in [0.05, 0.1) is 33.8 Å².